The van der Waals surface area contributed by atoms with Gasteiger partial charge in [-0.1, -0.05) is 39.0 Å². The van der Waals surface area contributed by atoms with Gasteiger partial charge in [0, 0.05) is 5.69 Å². The van der Waals surface area contributed by atoms with Crippen molar-refractivity contribution in [1.29, 1.82) is 0 Å². The standard InChI is InChI=1S/C13H21NSi/c1-5-15(6-2)11(3)12-9-7-8-10-13(12)14(15)4/h7-11H,5-6H2,1-4H3. The molecular formula is C13H21NSi. The van der Waals surface area contributed by atoms with Crippen LogP contribution in [-0.4, -0.2) is 15.3 Å². The maximum absolute atomic E-state index is 2.63. The Morgan fingerprint density at radius 1 is 1.20 bits per heavy atom. The Morgan fingerprint density at radius 3 is 2.33 bits per heavy atom. The highest BCUT2D eigenvalue weighted by Gasteiger charge is 2.47. The second-order valence-corrected chi connectivity index (χ2v) is 9.81. The highest BCUT2D eigenvalue weighted by atomic mass is 28.3. The van der Waals surface area contributed by atoms with Crippen LogP contribution >= 0.6 is 0 Å². The van der Waals surface area contributed by atoms with Gasteiger partial charge in [-0.3, -0.25) is 0 Å². The van der Waals surface area contributed by atoms with E-state index >= 15 is 0 Å². The quantitative estimate of drug-likeness (QED) is 0.685. The Hall–Kier alpha value is -0.763. The molecule has 0 aromatic heterocycles. The maximum Gasteiger partial charge on any atom is 0.162 e. The highest BCUT2D eigenvalue weighted by molar-refractivity contribution is 6.85. The lowest BCUT2D eigenvalue weighted by atomic mass is 10.1. The van der Waals surface area contributed by atoms with E-state index in [1.165, 1.54) is 17.8 Å². The minimum absolute atomic E-state index is 0.786. The highest BCUT2D eigenvalue weighted by Crippen LogP contribution is 2.47. The van der Waals surface area contributed by atoms with E-state index in [-0.39, 0.29) is 0 Å². The first kappa shape index (κ1) is 10.7. The molecule has 1 aliphatic heterocycles. The summed E-state index contributed by atoms with van der Waals surface area (Å²) in [5.74, 6) is 0. The lowest BCUT2D eigenvalue weighted by Gasteiger charge is -2.37. The van der Waals surface area contributed by atoms with Gasteiger partial charge in [0.1, 0.15) is 0 Å². The summed E-state index contributed by atoms with van der Waals surface area (Å²) in [7, 11) is 1.05. The fourth-order valence-electron chi connectivity index (χ4n) is 3.32. The number of fused-ring (bicyclic) bond motifs is 1. The van der Waals surface area contributed by atoms with Gasteiger partial charge in [0.05, 0.1) is 0 Å². The van der Waals surface area contributed by atoms with E-state index in [2.05, 4.69) is 56.6 Å². The van der Waals surface area contributed by atoms with E-state index in [0.29, 0.717) is 0 Å². The van der Waals surface area contributed by atoms with Gasteiger partial charge in [0.15, 0.2) is 8.24 Å². The number of para-hydroxylation sites is 1. The second-order valence-electron chi connectivity index (χ2n) is 4.65. The summed E-state index contributed by atoms with van der Waals surface area (Å²) in [6.45, 7) is 7.17. The van der Waals surface area contributed by atoms with Crippen LogP contribution in [0.4, 0.5) is 5.69 Å². The second kappa shape index (κ2) is 3.67. The molecule has 1 aromatic rings. The molecule has 0 fully saturated rings. The van der Waals surface area contributed by atoms with Crippen molar-refractivity contribution in [3.63, 3.8) is 0 Å². The Labute approximate surface area is 94.2 Å². The lowest BCUT2D eigenvalue weighted by molar-refractivity contribution is 0.986. The van der Waals surface area contributed by atoms with Crippen molar-refractivity contribution in [2.75, 3.05) is 11.6 Å². The molecule has 0 N–H and O–H groups in total. The zero-order valence-electron chi connectivity index (χ0n) is 10.2. The SMILES string of the molecule is CC[Si]1(CC)C(C)c2ccccc2N1C. The van der Waals surface area contributed by atoms with Crippen LogP contribution in [0.5, 0.6) is 0 Å². The summed E-state index contributed by atoms with van der Waals surface area (Å²) in [6.07, 6.45) is 0. The first-order valence-electron chi connectivity index (χ1n) is 6.00. The zero-order valence-corrected chi connectivity index (χ0v) is 11.2. The van der Waals surface area contributed by atoms with Gasteiger partial charge in [-0.25, -0.2) is 0 Å². The Bertz CT molecular complexity index is 326. The predicted molar refractivity (Wildman–Crippen MR) is 70.0 cm³/mol. The molecule has 0 spiro atoms. The summed E-state index contributed by atoms with van der Waals surface area (Å²) < 4.78 is 2.63. The molecule has 1 atom stereocenters. The minimum Gasteiger partial charge on any atom is -0.399 e. The average molecular weight is 219 g/mol. The fraction of sp³-hybridized carbons (Fsp3) is 0.538. The molecule has 2 heteroatoms. The van der Waals surface area contributed by atoms with Gasteiger partial charge < -0.3 is 4.57 Å². The summed E-state index contributed by atoms with van der Waals surface area (Å²) in [4.78, 5) is 0. The summed E-state index contributed by atoms with van der Waals surface area (Å²) in [6, 6.07) is 11.7. The van der Waals surface area contributed by atoms with Crippen molar-refractivity contribution < 1.29 is 0 Å². The molecule has 1 heterocycles. The van der Waals surface area contributed by atoms with Crippen LogP contribution in [0.25, 0.3) is 0 Å². The summed E-state index contributed by atoms with van der Waals surface area (Å²) >= 11 is 0. The van der Waals surface area contributed by atoms with E-state index in [4.69, 9.17) is 0 Å². The van der Waals surface area contributed by atoms with Crippen LogP contribution in [-0.2, 0) is 0 Å². The van der Waals surface area contributed by atoms with Gasteiger partial charge in [-0.05, 0) is 36.3 Å². The minimum atomic E-state index is -1.26. The van der Waals surface area contributed by atoms with Gasteiger partial charge >= 0.3 is 0 Å². The monoisotopic (exact) mass is 219 g/mol. The number of hydrogen-bond donors (Lipinski definition) is 0. The van der Waals surface area contributed by atoms with Crippen molar-refractivity contribution in [2.45, 2.75) is 38.4 Å². The smallest absolute Gasteiger partial charge is 0.162 e. The summed E-state index contributed by atoms with van der Waals surface area (Å²) in [5, 5.41) is 0. The van der Waals surface area contributed by atoms with Crippen LogP contribution in [0.3, 0.4) is 0 Å². The molecule has 82 valence electrons. The molecule has 0 radical (unpaired) electrons. The van der Waals surface area contributed by atoms with Crippen molar-refractivity contribution in [3.8, 4) is 0 Å². The molecule has 0 saturated heterocycles. The molecule has 0 aliphatic carbocycles. The average Bonchev–Trinajstić information content (AvgIpc) is 2.51. The first-order valence-corrected chi connectivity index (χ1v) is 8.44. The van der Waals surface area contributed by atoms with Crippen molar-refractivity contribution in [1.82, 2.24) is 0 Å². The van der Waals surface area contributed by atoms with Gasteiger partial charge in [0.2, 0.25) is 0 Å². The molecule has 0 saturated carbocycles. The lowest BCUT2D eigenvalue weighted by Crippen LogP contribution is -2.50. The van der Waals surface area contributed by atoms with E-state index in [1.54, 1.807) is 5.56 Å². The number of benzene rings is 1. The topological polar surface area (TPSA) is 3.24 Å². The zero-order chi connectivity index (χ0) is 11.1. The number of rotatable bonds is 2. The molecule has 0 bridgehead atoms. The van der Waals surface area contributed by atoms with Gasteiger partial charge in [0.25, 0.3) is 0 Å². The molecular weight excluding hydrogens is 198 g/mol. The molecule has 0 amide bonds. The van der Waals surface area contributed by atoms with E-state index in [9.17, 15) is 0 Å². The van der Waals surface area contributed by atoms with E-state index in [1.807, 2.05) is 0 Å². The van der Waals surface area contributed by atoms with Gasteiger partial charge in [-0.2, -0.15) is 0 Å². The van der Waals surface area contributed by atoms with Crippen molar-refractivity contribution in [2.24, 2.45) is 0 Å². The number of nitrogens with zero attached hydrogens (tertiary/aromatic N) is 1. The van der Waals surface area contributed by atoms with Crippen LogP contribution in [0.1, 0.15) is 31.9 Å². The molecule has 1 aliphatic rings. The molecule has 15 heavy (non-hydrogen) atoms. The van der Waals surface area contributed by atoms with Crippen molar-refractivity contribution in [3.05, 3.63) is 29.8 Å². The van der Waals surface area contributed by atoms with Crippen molar-refractivity contribution >= 4 is 13.9 Å². The van der Waals surface area contributed by atoms with Crippen LogP contribution < -0.4 is 4.57 Å². The third-order valence-electron chi connectivity index (χ3n) is 4.46. The largest absolute Gasteiger partial charge is 0.399 e. The first-order chi connectivity index (χ1) is 7.17. The third-order valence-corrected chi connectivity index (χ3v) is 10.4. The summed E-state index contributed by atoms with van der Waals surface area (Å²) in [5.41, 5.74) is 3.85. The molecule has 1 nitrogen and oxygen atoms in total. The Balaban J connectivity index is 2.53. The predicted octanol–water partition coefficient (Wildman–Crippen LogP) is 3.76. The number of anilines is 1. The normalized spacial score (nSPS) is 22.9. The Morgan fingerprint density at radius 2 is 1.80 bits per heavy atom. The molecule has 1 aromatic carbocycles. The Kier molecular flexibility index (Phi) is 2.63. The van der Waals surface area contributed by atoms with Crippen LogP contribution in [0.2, 0.25) is 12.1 Å². The molecule has 1 unspecified atom stereocenters. The third kappa shape index (κ3) is 1.27. The molecule has 2 rings (SSSR count). The van der Waals surface area contributed by atoms with Crippen LogP contribution in [0.15, 0.2) is 24.3 Å². The van der Waals surface area contributed by atoms with E-state index < -0.39 is 8.24 Å². The fourth-order valence-corrected chi connectivity index (χ4v) is 8.08. The maximum atomic E-state index is 2.63. The van der Waals surface area contributed by atoms with Crippen LogP contribution in [0, 0.1) is 0 Å². The van der Waals surface area contributed by atoms with E-state index in [0.717, 1.165) is 5.54 Å². The van der Waals surface area contributed by atoms with Gasteiger partial charge in [-0.15, -0.1) is 0 Å². The number of hydrogen-bond acceptors (Lipinski definition) is 1.